The van der Waals surface area contributed by atoms with Crippen molar-refractivity contribution in [1.29, 1.82) is 0 Å². The summed E-state index contributed by atoms with van der Waals surface area (Å²) >= 11 is 0. The number of rotatable bonds is 4. The zero-order chi connectivity index (χ0) is 22.0. The van der Waals surface area contributed by atoms with Gasteiger partial charge in [0.25, 0.3) is 0 Å². The average molecular weight is 422 g/mol. The number of hydrogen-bond acceptors (Lipinski definition) is 3. The molecule has 5 nitrogen and oxygen atoms in total. The zero-order valence-corrected chi connectivity index (χ0v) is 18.9. The smallest absolute Gasteiger partial charge is 0.317 e. The highest BCUT2D eigenvalue weighted by Crippen LogP contribution is 2.42. The highest BCUT2D eigenvalue weighted by molar-refractivity contribution is 5.74. The molecule has 2 aliphatic heterocycles. The van der Waals surface area contributed by atoms with Gasteiger partial charge in [-0.15, -0.1) is 0 Å². The van der Waals surface area contributed by atoms with Gasteiger partial charge in [-0.2, -0.15) is 0 Å². The minimum absolute atomic E-state index is 0.0258. The maximum absolute atomic E-state index is 12.7. The van der Waals surface area contributed by atoms with Gasteiger partial charge in [0.1, 0.15) is 0 Å². The summed E-state index contributed by atoms with van der Waals surface area (Å²) in [6.45, 7) is 8.76. The van der Waals surface area contributed by atoms with Gasteiger partial charge in [-0.3, -0.25) is 4.90 Å². The third-order valence-corrected chi connectivity index (χ3v) is 6.72. The first-order valence-electron chi connectivity index (χ1n) is 11.6. The van der Waals surface area contributed by atoms with E-state index < -0.39 is 0 Å². The van der Waals surface area contributed by atoms with E-state index in [0.29, 0.717) is 6.54 Å². The molecule has 166 valence electrons. The molecule has 0 aliphatic carbocycles. The molecule has 2 aromatic carbocycles. The van der Waals surface area contributed by atoms with Gasteiger partial charge in [0.05, 0.1) is 6.61 Å². The maximum Gasteiger partial charge on any atom is 0.317 e. The fourth-order valence-electron chi connectivity index (χ4n) is 5.19. The van der Waals surface area contributed by atoms with Crippen LogP contribution in [0.1, 0.15) is 43.7 Å². The molecule has 2 fully saturated rings. The van der Waals surface area contributed by atoms with Gasteiger partial charge in [-0.25, -0.2) is 4.79 Å². The molecule has 3 atom stereocenters. The van der Waals surface area contributed by atoms with Crippen LogP contribution in [0.4, 0.5) is 4.79 Å². The van der Waals surface area contributed by atoms with Crippen molar-refractivity contribution in [3.05, 3.63) is 59.7 Å². The van der Waals surface area contributed by atoms with E-state index in [9.17, 15) is 9.90 Å². The molecule has 2 amide bonds. The number of amides is 2. The second-order valence-electron chi connectivity index (χ2n) is 9.33. The zero-order valence-electron chi connectivity index (χ0n) is 18.9. The van der Waals surface area contributed by atoms with Crippen LogP contribution in [0.15, 0.2) is 48.5 Å². The lowest BCUT2D eigenvalue weighted by molar-refractivity contribution is -0.0591. The van der Waals surface area contributed by atoms with Gasteiger partial charge in [-0.05, 0) is 56.8 Å². The van der Waals surface area contributed by atoms with E-state index in [2.05, 4.69) is 65.7 Å². The number of urea groups is 1. The minimum Gasteiger partial charge on any atom is -0.395 e. The van der Waals surface area contributed by atoms with E-state index in [1.165, 1.54) is 22.3 Å². The second kappa shape index (κ2) is 9.41. The highest BCUT2D eigenvalue weighted by Gasteiger charge is 2.49. The molecule has 2 aromatic rings. The molecular formula is C26H35N3O2. The van der Waals surface area contributed by atoms with Crippen LogP contribution in [-0.2, 0) is 0 Å². The summed E-state index contributed by atoms with van der Waals surface area (Å²) in [4.78, 5) is 17.1. The predicted octanol–water partition coefficient (Wildman–Crippen LogP) is 4.00. The van der Waals surface area contributed by atoms with Crippen molar-refractivity contribution in [2.75, 3.05) is 26.2 Å². The fraction of sp³-hybridized carbons (Fsp3) is 0.500. The van der Waals surface area contributed by atoms with Crippen LogP contribution >= 0.6 is 0 Å². The number of hydrogen-bond donors (Lipinski definition) is 2. The number of benzene rings is 2. The summed E-state index contributed by atoms with van der Waals surface area (Å²) in [5.74, 6) is 0.240. The van der Waals surface area contributed by atoms with E-state index in [0.717, 1.165) is 25.9 Å². The Bertz CT molecular complexity index is 896. The molecule has 2 aliphatic rings. The Morgan fingerprint density at radius 1 is 1.10 bits per heavy atom. The van der Waals surface area contributed by atoms with E-state index >= 15 is 0 Å². The first-order chi connectivity index (χ1) is 15.0. The number of carbonyl (C=O) groups is 1. The van der Waals surface area contributed by atoms with E-state index in [4.69, 9.17) is 0 Å². The Morgan fingerprint density at radius 2 is 1.84 bits per heavy atom. The first-order valence-corrected chi connectivity index (χ1v) is 11.6. The molecule has 2 saturated heterocycles. The summed E-state index contributed by atoms with van der Waals surface area (Å²) in [7, 11) is 0. The van der Waals surface area contributed by atoms with E-state index in [1.807, 2.05) is 18.7 Å². The fourth-order valence-corrected chi connectivity index (χ4v) is 5.19. The van der Waals surface area contributed by atoms with Crippen molar-refractivity contribution in [2.24, 2.45) is 0 Å². The number of fused-ring (bicyclic) bond motifs is 1. The lowest BCUT2D eigenvalue weighted by Crippen LogP contribution is -2.68. The third kappa shape index (κ3) is 4.63. The minimum atomic E-state index is 0.0258. The number of carbonyl (C=O) groups excluding carboxylic acids is 1. The molecule has 0 spiro atoms. The molecule has 2 N–H and O–H groups in total. The summed E-state index contributed by atoms with van der Waals surface area (Å²) in [5, 5.41) is 13.2. The van der Waals surface area contributed by atoms with Crippen LogP contribution in [0.2, 0.25) is 0 Å². The summed E-state index contributed by atoms with van der Waals surface area (Å²) in [6, 6.07) is 17.9. The van der Waals surface area contributed by atoms with Gasteiger partial charge < -0.3 is 15.3 Å². The van der Waals surface area contributed by atoms with Crippen LogP contribution in [0, 0.1) is 6.92 Å². The van der Waals surface area contributed by atoms with Crippen molar-refractivity contribution >= 4 is 6.03 Å². The summed E-state index contributed by atoms with van der Waals surface area (Å²) < 4.78 is 0. The highest BCUT2D eigenvalue weighted by atomic mass is 16.3. The molecule has 0 saturated carbocycles. The Kier molecular flexibility index (Phi) is 6.63. The van der Waals surface area contributed by atoms with Gasteiger partial charge in [0, 0.05) is 37.1 Å². The normalized spacial score (nSPS) is 24.2. The van der Waals surface area contributed by atoms with E-state index in [-0.39, 0.29) is 36.7 Å². The van der Waals surface area contributed by atoms with Crippen LogP contribution in [0.3, 0.4) is 0 Å². The number of aliphatic hydroxyl groups is 1. The molecule has 0 aromatic heterocycles. The predicted molar refractivity (Wildman–Crippen MR) is 125 cm³/mol. The van der Waals surface area contributed by atoms with Gasteiger partial charge in [0.2, 0.25) is 0 Å². The monoisotopic (exact) mass is 421 g/mol. The molecule has 0 radical (unpaired) electrons. The van der Waals surface area contributed by atoms with Crippen LogP contribution in [0.5, 0.6) is 0 Å². The number of nitrogens with one attached hydrogen (secondary N) is 1. The molecule has 0 unspecified atom stereocenters. The van der Waals surface area contributed by atoms with Crippen LogP contribution in [0.25, 0.3) is 11.1 Å². The van der Waals surface area contributed by atoms with Gasteiger partial charge >= 0.3 is 6.03 Å². The Labute approximate surface area is 186 Å². The molecule has 0 bridgehead atoms. The molecular weight excluding hydrogens is 386 g/mol. The molecule has 4 rings (SSSR count). The number of aliphatic hydroxyl groups excluding tert-OH is 1. The summed E-state index contributed by atoms with van der Waals surface area (Å²) in [6.07, 6.45) is 2.06. The quantitative estimate of drug-likeness (QED) is 0.784. The lowest BCUT2D eigenvalue weighted by Gasteiger charge is -2.57. The van der Waals surface area contributed by atoms with E-state index in [1.54, 1.807) is 0 Å². The third-order valence-electron chi connectivity index (χ3n) is 6.72. The molecule has 5 heteroatoms. The van der Waals surface area contributed by atoms with Crippen molar-refractivity contribution in [3.63, 3.8) is 0 Å². The number of nitrogens with zero attached hydrogens (tertiary/aromatic N) is 2. The van der Waals surface area contributed by atoms with Crippen molar-refractivity contribution in [2.45, 2.75) is 57.7 Å². The summed E-state index contributed by atoms with van der Waals surface area (Å²) in [5.41, 5.74) is 4.94. The molecule has 2 heterocycles. The Morgan fingerprint density at radius 3 is 2.52 bits per heavy atom. The van der Waals surface area contributed by atoms with Crippen LogP contribution < -0.4 is 5.32 Å². The van der Waals surface area contributed by atoms with Crippen molar-refractivity contribution in [3.8, 4) is 11.1 Å². The van der Waals surface area contributed by atoms with Crippen LogP contribution in [-0.4, -0.2) is 65.3 Å². The van der Waals surface area contributed by atoms with Gasteiger partial charge in [-0.1, -0.05) is 54.1 Å². The van der Waals surface area contributed by atoms with Crippen molar-refractivity contribution < 1.29 is 9.90 Å². The Balaban J connectivity index is 1.55. The van der Waals surface area contributed by atoms with Crippen molar-refractivity contribution in [1.82, 2.24) is 15.1 Å². The van der Waals surface area contributed by atoms with Gasteiger partial charge in [0.15, 0.2) is 0 Å². The maximum atomic E-state index is 12.7. The Hall–Kier alpha value is -2.37. The average Bonchev–Trinajstić information content (AvgIpc) is 2.72. The topological polar surface area (TPSA) is 55.8 Å². The second-order valence-corrected chi connectivity index (χ2v) is 9.33. The lowest BCUT2D eigenvalue weighted by atomic mass is 9.74. The first kappa shape index (κ1) is 21.8. The SMILES string of the molecule is Cc1cccc(-c2ccc([C@@H]3[C@@H](CO)N4CCCCN(C(=O)NC(C)C)C[C@@H]34)cc2)c1. The molecule has 31 heavy (non-hydrogen) atoms. The number of aryl methyl sites for hydroxylation is 1. The standard InChI is InChI=1S/C26H35N3O2/c1-18(2)27-26(31)28-13-4-5-14-29-23(16-28)25(24(29)17-30)21-11-9-20(10-12-21)22-8-6-7-19(3)15-22/h6-12,15,18,23-25,30H,4-5,13-14,16-17H2,1-3H3,(H,27,31)/t23-,24+,25-/m0/s1. The largest absolute Gasteiger partial charge is 0.395 e.